The molecule has 0 aliphatic carbocycles. The van der Waals surface area contributed by atoms with Crippen LogP contribution in [-0.4, -0.2) is 84.4 Å². The molecule has 4 N–H and O–H groups in total. The lowest BCUT2D eigenvalue weighted by molar-refractivity contribution is -0.138. The molecule has 10 nitrogen and oxygen atoms in total. The number of carbonyl (C=O) groups is 2. The van der Waals surface area contributed by atoms with Gasteiger partial charge >= 0.3 is 11.9 Å². The second kappa shape index (κ2) is 14.9. The van der Waals surface area contributed by atoms with E-state index in [4.69, 9.17) is 9.47 Å². The number of carboxylic acids is 2. The summed E-state index contributed by atoms with van der Waals surface area (Å²) in [7, 11) is 3.28. The molecule has 10 heteroatoms. The van der Waals surface area contributed by atoms with Crippen molar-refractivity contribution >= 4 is 11.9 Å². The van der Waals surface area contributed by atoms with Gasteiger partial charge in [-0.05, 0) is 47.5 Å². The van der Waals surface area contributed by atoms with Crippen LogP contribution in [0.3, 0.4) is 0 Å². The van der Waals surface area contributed by atoms with E-state index in [1.807, 2.05) is 60.7 Å². The number of carboxylic acid groups (broad SMARTS) is 2. The molecule has 2 aromatic carbocycles. The lowest BCUT2D eigenvalue weighted by atomic mass is 10.1. The van der Waals surface area contributed by atoms with Crippen molar-refractivity contribution in [2.24, 2.45) is 0 Å². The predicted octanol–water partition coefficient (Wildman–Crippen LogP) is 3.00. The van der Waals surface area contributed by atoms with Crippen molar-refractivity contribution in [2.45, 2.75) is 25.2 Å². The van der Waals surface area contributed by atoms with E-state index in [2.05, 4.69) is 20.4 Å². The van der Waals surface area contributed by atoms with Crippen LogP contribution in [0.5, 0.6) is 11.5 Å². The Kier molecular flexibility index (Phi) is 10.8. The fourth-order valence-corrected chi connectivity index (χ4v) is 4.95. The van der Waals surface area contributed by atoms with Crippen LogP contribution in [0.25, 0.3) is 0 Å². The van der Waals surface area contributed by atoms with Gasteiger partial charge in [-0.1, -0.05) is 48.6 Å². The molecular weight excluding hydrogens is 536 g/mol. The Labute approximate surface area is 246 Å². The predicted molar refractivity (Wildman–Crippen MR) is 160 cm³/mol. The number of methoxy groups -OCH3 is 2. The number of dihydropyridines is 2. The quantitative estimate of drug-likeness (QED) is 0.252. The zero-order valence-electron chi connectivity index (χ0n) is 23.9. The molecule has 222 valence electrons. The minimum atomic E-state index is -0.991. The summed E-state index contributed by atoms with van der Waals surface area (Å²) in [4.78, 5) is 27.7. The van der Waals surface area contributed by atoms with Gasteiger partial charge in [0.05, 0.1) is 20.3 Å². The Morgan fingerprint density at radius 3 is 2.05 bits per heavy atom. The Morgan fingerprint density at radius 1 is 0.810 bits per heavy atom. The van der Waals surface area contributed by atoms with E-state index in [1.54, 1.807) is 38.5 Å². The van der Waals surface area contributed by atoms with Gasteiger partial charge in [0.1, 0.15) is 23.2 Å². The molecule has 0 bridgehead atoms. The largest absolute Gasteiger partial charge is 0.497 e. The van der Waals surface area contributed by atoms with Crippen LogP contribution in [0.15, 0.2) is 96.4 Å². The maximum Gasteiger partial charge on any atom is 0.351 e. The van der Waals surface area contributed by atoms with Gasteiger partial charge in [-0.25, -0.2) is 9.59 Å². The van der Waals surface area contributed by atoms with Crippen molar-refractivity contribution in [3.8, 4) is 11.5 Å². The summed E-state index contributed by atoms with van der Waals surface area (Å²) >= 11 is 0. The molecule has 0 saturated carbocycles. The van der Waals surface area contributed by atoms with Gasteiger partial charge in [-0.2, -0.15) is 0 Å². The second-order valence-electron chi connectivity index (χ2n) is 10.2. The third kappa shape index (κ3) is 8.98. The molecule has 0 amide bonds. The number of nitrogens with one attached hydrogen (secondary N) is 2. The van der Waals surface area contributed by atoms with Crippen molar-refractivity contribution in [1.29, 1.82) is 0 Å². The smallest absolute Gasteiger partial charge is 0.351 e. The average molecular weight is 575 g/mol. The number of allylic oxidation sites excluding steroid dienone is 4. The van der Waals surface area contributed by atoms with E-state index in [-0.39, 0.29) is 11.7 Å². The highest BCUT2D eigenvalue weighted by molar-refractivity contribution is 5.86. The second-order valence-corrected chi connectivity index (χ2v) is 10.2. The number of nitrogens with zero attached hydrogens (tertiary/aromatic N) is 2. The molecule has 0 fully saturated rings. The minimum Gasteiger partial charge on any atom is -0.497 e. The number of hydrogen-bond donors (Lipinski definition) is 4. The van der Waals surface area contributed by atoms with Crippen molar-refractivity contribution < 1.29 is 29.3 Å². The summed E-state index contributed by atoms with van der Waals surface area (Å²) in [6.45, 7) is 3.69. The molecule has 4 rings (SSSR count). The van der Waals surface area contributed by atoms with Gasteiger partial charge in [0.15, 0.2) is 0 Å². The zero-order chi connectivity index (χ0) is 29.9. The van der Waals surface area contributed by atoms with Crippen LogP contribution in [0.4, 0.5) is 0 Å². The highest BCUT2D eigenvalue weighted by Gasteiger charge is 2.22. The average Bonchev–Trinajstić information content (AvgIpc) is 3.00. The number of aliphatic carboxylic acids is 2. The minimum absolute atomic E-state index is 0.167. The maximum atomic E-state index is 11.6. The van der Waals surface area contributed by atoms with Crippen LogP contribution < -0.4 is 20.1 Å². The van der Waals surface area contributed by atoms with E-state index in [1.165, 1.54) is 0 Å². The summed E-state index contributed by atoms with van der Waals surface area (Å²) < 4.78 is 10.9. The third-order valence-electron chi connectivity index (χ3n) is 7.05. The molecule has 2 aliphatic heterocycles. The Hall–Kier alpha value is -4.54. The maximum absolute atomic E-state index is 11.6. The van der Waals surface area contributed by atoms with Crippen LogP contribution >= 0.6 is 0 Å². The van der Waals surface area contributed by atoms with Crippen molar-refractivity contribution in [2.75, 3.05) is 40.4 Å². The molecular formula is C32H38N4O6. The molecule has 42 heavy (non-hydrogen) atoms. The number of rotatable bonds is 15. The van der Waals surface area contributed by atoms with E-state index in [0.717, 1.165) is 28.3 Å². The standard InChI is InChI=1S/C32H38N4O6/c1-41-27-11-3-7-23(17-27)19-35(21-25-9-5-13-29(33-25)31(37)38)15-16-36(20-24-8-4-12-28(18-24)42-2)22-26-10-6-14-30(34-26)32(39)40/h3-14,17-18,25,30,33-34H,15-16,19-22H2,1-2H3,(H,37,38)(H,39,40). The van der Waals surface area contributed by atoms with Crippen molar-refractivity contribution in [3.63, 3.8) is 0 Å². The van der Waals surface area contributed by atoms with Crippen LogP contribution in [0.1, 0.15) is 11.1 Å². The van der Waals surface area contributed by atoms with Gasteiger partial charge in [-0.15, -0.1) is 0 Å². The van der Waals surface area contributed by atoms with Crippen LogP contribution in [0.2, 0.25) is 0 Å². The number of benzene rings is 2. The first-order valence-electron chi connectivity index (χ1n) is 13.8. The van der Waals surface area contributed by atoms with Crippen molar-refractivity contribution in [1.82, 2.24) is 20.4 Å². The van der Waals surface area contributed by atoms with E-state index in [9.17, 15) is 19.8 Å². The number of hydrogen-bond acceptors (Lipinski definition) is 8. The first-order valence-corrected chi connectivity index (χ1v) is 13.8. The Bertz CT molecular complexity index is 1370. The van der Waals surface area contributed by atoms with E-state index < -0.39 is 18.0 Å². The summed E-state index contributed by atoms with van der Waals surface area (Å²) in [5.74, 6) is -0.373. The van der Waals surface area contributed by atoms with Gasteiger partial charge in [0.2, 0.25) is 0 Å². The molecule has 2 aromatic rings. The number of ether oxygens (including phenoxy) is 2. The van der Waals surface area contributed by atoms with Crippen LogP contribution in [0, 0.1) is 0 Å². The Morgan fingerprint density at radius 2 is 1.43 bits per heavy atom. The molecule has 2 aliphatic rings. The summed E-state index contributed by atoms with van der Waals surface area (Å²) in [5.41, 5.74) is 3.14. The molecule has 0 saturated heterocycles. The van der Waals surface area contributed by atoms with Gasteiger partial charge in [0.25, 0.3) is 0 Å². The molecule has 0 radical (unpaired) electrons. The van der Waals surface area contributed by atoms with Crippen molar-refractivity contribution in [3.05, 3.63) is 108 Å². The highest BCUT2D eigenvalue weighted by atomic mass is 16.5. The monoisotopic (exact) mass is 574 g/mol. The fourth-order valence-electron chi connectivity index (χ4n) is 4.95. The first kappa shape index (κ1) is 30.4. The molecule has 0 aromatic heterocycles. The normalized spacial score (nSPS) is 17.7. The molecule has 2 heterocycles. The molecule has 0 spiro atoms. The van der Waals surface area contributed by atoms with E-state index >= 15 is 0 Å². The van der Waals surface area contributed by atoms with E-state index in [0.29, 0.717) is 39.3 Å². The lowest BCUT2D eigenvalue weighted by Gasteiger charge is -2.32. The lowest BCUT2D eigenvalue weighted by Crippen LogP contribution is -2.45. The van der Waals surface area contributed by atoms with Gasteiger partial charge < -0.3 is 30.3 Å². The summed E-state index contributed by atoms with van der Waals surface area (Å²) in [5, 5.41) is 25.2. The van der Waals surface area contributed by atoms with Gasteiger partial charge in [0, 0.05) is 45.0 Å². The first-order chi connectivity index (χ1) is 20.3. The third-order valence-corrected chi connectivity index (χ3v) is 7.05. The fraction of sp³-hybridized carbons (Fsp3) is 0.312. The molecule has 2 unspecified atom stereocenters. The molecule has 2 atom stereocenters. The zero-order valence-corrected chi connectivity index (χ0v) is 23.9. The Balaban J connectivity index is 1.52. The topological polar surface area (TPSA) is 124 Å². The van der Waals surface area contributed by atoms with Gasteiger partial charge in [-0.3, -0.25) is 9.80 Å². The highest BCUT2D eigenvalue weighted by Crippen LogP contribution is 2.18. The summed E-state index contributed by atoms with van der Waals surface area (Å²) in [6, 6.07) is 14.9. The SMILES string of the molecule is COc1cccc(CN(CCN(Cc2cccc(OC)c2)CC2C=CC=C(C(=O)O)N2)CC2=CC=CC(C(=O)O)N2)c1. The summed E-state index contributed by atoms with van der Waals surface area (Å²) in [6.07, 6.45) is 10.6. The van der Waals surface area contributed by atoms with Crippen LogP contribution in [-0.2, 0) is 22.7 Å².